The molecule has 0 radical (unpaired) electrons. The molecule has 0 fully saturated rings. The first kappa shape index (κ1) is 16.1. The number of benzene rings is 2. The number of para-hydroxylation sites is 1. The largest absolute Gasteiger partial charge is 0.352 e. The minimum atomic E-state index is -0.165. The highest BCUT2D eigenvalue weighted by Crippen LogP contribution is 2.22. The molecule has 0 saturated carbocycles. The second-order valence-corrected chi connectivity index (χ2v) is 6.12. The Hall–Kier alpha value is -3.41. The van der Waals surface area contributed by atoms with Crippen LogP contribution in [0.2, 0.25) is 0 Å². The third kappa shape index (κ3) is 2.65. The van der Waals surface area contributed by atoms with Gasteiger partial charge >= 0.3 is 0 Å². The van der Waals surface area contributed by atoms with Crippen molar-refractivity contribution in [2.45, 2.75) is 13.3 Å². The zero-order chi connectivity index (χ0) is 18.1. The number of rotatable bonds is 4. The first-order valence-electron chi connectivity index (χ1n) is 8.56. The number of nitrogens with zero attached hydrogens (tertiary/aromatic N) is 2. The normalized spacial score (nSPS) is 11.1. The van der Waals surface area contributed by atoms with Gasteiger partial charge < -0.3 is 5.32 Å². The van der Waals surface area contributed by atoms with Crippen molar-refractivity contribution in [2.75, 3.05) is 6.54 Å². The van der Waals surface area contributed by atoms with E-state index < -0.39 is 0 Å². The van der Waals surface area contributed by atoms with Gasteiger partial charge in [0.05, 0.1) is 22.1 Å². The van der Waals surface area contributed by atoms with E-state index in [0.29, 0.717) is 23.0 Å². The summed E-state index contributed by atoms with van der Waals surface area (Å²) in [5.41, 5.74) is 2.54. The fourth-order valence-electron chi connectivity index (χ4n) is 3.00. The topological polar surface area (TPSA) is 79.8 Å². The Bertz CT molecular complexity index is 1160. The van der Waals surface area contributed by atoms with Crippen LogP contribution in [0.15, 0.2) is 59.5 Å². The smallest absolute Gasteiger partial charge is 0.280 e. The summed E-state index contributed by atoms with van der Waals surface area (Å²) in [5.74, 6) is -0.129. The van der Waals surface area contributed by atoms with Crippen molar-refractivity contribution in [3.05, 3.63) is 70.6 Å². The predicted molar refractivity (Wildman–Crippen MR) is 102 cm³/mol. The molecule has 4 aromatic rings. The molecule has 26 heavy (non-hydrogen) atoms. The molecule has 0 aliphatic carbocycles. The lowest BCUT2D eigenvalue weighted by Crippen LogP contribution is -2.23. The van der Waals surface area contributed by atoms with Crippen molar-refractivity contribution < 1.29 is 4.79 Å². The van der Waals surface area contributed by atoms with Crippen molar-refractivity contribution in [2.24, 2.45) is 0 Å². The number of hydrogen-bond acceptors (Lipinski definition) is 3. The molecule has 0 bridgehead atoms. The van der Waals surface area contributed by atoms with Crippen molar-refractivity contribution in [1.82, 2.24) is 20.1 Å². The van der Waals surface area contributed by atoms with Gasteiger partial charge in [-0.25, -0.2) is 4.68 Å². The van der Waals surface area contributed by atoms with Gasteiger partial charge in [0.25, 0.3) is 11.5 Å². The maximum Gasteiger partial charge on any atom is 0.280 e. The number of pyridine rings is 1. The average molecular weight is 346 g/mol. The molecule has 0 saturated heterocycles. The molecular weight excluding hydrogens is 328 g/mol. The molecule has 4 rings (SSSR count). The summed E-state index contributed by atoms with van der Waals surface area (Å²) >= 11 is 0. The van der Waals surface area contributed by atoms with E-state index in [1.54, 1.807) is 24.4 Å². The number of fused-ring (bicyclic) bond motifs is 3. The van der Waals surface area contributed by atoms with Gasteiger partial charge in [-0.3, -0.25) is 19.7 Å². The second-order valence-electron chi connectivity index (χ2n) is 6.12. The quantitative estimate of drug-likeness (QED) is 0.596. The van der Waals surface area contributed by atoms with E-state index in [-0.39, 0.29) is 11.5 Å². The first-order chi connectivity index (χ1) is 12.7. The Morgan fingerprint density at radius 2 is 1.96 bits per heavy atom. The van der Waals surface area contributed by atoms with E-state index >= 15 is 0 Å². The Morgan fingerprint density at radius 1 is 1.15 bits per heavy atom. The molecular formula is C20H18N4O2. The molecule has 1 amide bonds. The third-order valence-electron chi connectivity index (χ3n) is 4.34. The Kier molecular flexibility index (Phi) is 4.01. The van der Waals surface area contributed by atoms with Gasteiger partial charge in [-0.15, -0.1) is 0 Å². The number of nitrogens with one attached hydrogen (secondary N) is 2. The number of aromatic amines is 1. The van der Waals surface area contributed by atoms with Gasteiger partial charge in [0.15, 0.2) is 0 Å². The number of hydrogen-bond donors (Lipinski definition) is 2. The van der Waals surface area contributed by atoms with Crippen molar-refractivity contribution in [3.63, 3.8) is 0 Å². The fourth-order valence-corrected chi connectivity index (χ4v) is 3.00. The van der Waals surface area contributed by atoms with E-state index in [2.05, 4.69) is 15.4 Å². The fraction of sp³-hybridized carbons (Fsp3) is 0.150. The van der Waals surface area contributed by atoms with Crippen LogP contribution in [0.1, 0.15) is 23.7 Å². The molecule has 0 spiro atoms. The summed E-state index contributed by atoms with van der Waals surface area (Å²) in [5, 5.41) is 7.27. The van der Waals surface area contributed by atoms with E-state index in [0.717, 1.165) is 23.0 Å². The number of aromatic nitrogens is 3. The lowest BCUT2D eigenvalue weighted by Gasteiger charge is -2.05. The molecule has 0 aliphatic heterocycles. The zero-order valence-corrected chi connectivity index (χ0v) is 14.3. The van der Waals surface area contributed by atoms with E-state index in [9.17, 15) is 9.59 Å². The number of carbonyl (C=O) groups excluding carboxylic acids is 1. The third-order valence-corrected chi connectivity index (χ3v) is 4.34. The molecule has 6 heteroatoms. The van der Waals surface area contributed by atoms with Crippen molar-refractivity contribution in [3.8, 4) is 5.69 Å². The summed E-state index contributed by atoms with van der Waals surface area (Å²) < 4.78 is 1.50. The standard InChI is InChI=1S/C20H18N4O2/c1-2-10-21-19(25)13-8-9-17-15(11-13)18-16(12-22-17)20(26)24(23-18)14-6-4-3-5-7-14/h3-9,11-12,23H,2,10H2,1H3,(H,21,25). The highest BCUT2D eigenvalue weighted by Gasteiger charge is 2.13. The van der Waals surface area contributed by atoms with E-state index in [1.165, 1.54) is 4.68 Å². The minimum Gasteiger partial charge on any atom is -0.352 e. The van der Waals surface area contributed by atoms with Gasteiger partial charge in [-0.05, 0) is 36.8 Å². The van der Waals surface area contributed by atoms with Gasteiger partial charge in [0.1, 0.15) is 0 Å². The summed E-state index contributed by atoms with van der Waals surface area (Å²) in [6, 6.07) is 14.7. The monoisotopic (exact) mass is 346 g/mol. The van der Waals surface area contributed by atoms with Crippen LogP contribution in [0.25, 0.3) is 27.5 Å². The first-order valence-corrected chi connectivity index (χ1v) is 8.56. The number of H-pyrrole nitrogens is 1. The minimum absolute atomic E-state index is 0.129. The highest BCUT2D eigenvalue weighted by atomic mass is 16.1. The Labute approximate surface area is 149 Å². The van der Waals surface area contributed by atoms with Gasteiger partial charge in [0, 0.05) is 23.7 Å². The lowest BCUT2D eigenvalue weighted by molar-refractivity contribution is 0.0954. The Balaban J connectivity index is 1.91. The van der Waals surface area contributed by atoms with Crippen LogP contribution >= 0.6 is 0 Å². The molecule has 2 N–H and O–H groups in total. The summed E-state index contributed by atoms with van der Waals surface area (Å²) in [4.78, 5) is 29.4. The molecule has 6 nitrogen and oxygen atoms in total. The molecule has 2 aromatic heterocycles. The molecule has 2 aromatic carbocycles. The van der Waals surface area contributed by atoms with Crippen LogP contribution in [-0.2, 0) is 0 Å². The summed E-state index contributed by atoms with van der Waals surface area (Å²) in [7, 11) is 0. The molecule has 0 aliphatic rings. The van der Waals surface area contributed by atoms with Crippen LogP contribution in [0.5, 0.6) is 0 Å². The van der Waals surface area contributed by atoms with Crippen molar-refractivity contribution >= 4 is 27.7 Å². The highest BCUT2D eigenvalue weighted by molar-refractivity contribution is 6.06. The summed E-state index contributed by atoms with van der Waals surface area (Å²) in [6.07, 6.45) is 2.45. The van der Waals surface area contributed by atoms with Gasteiger partial charge in [-0.1, -0.05) is 25.1 Å². The molecule has 130 valence electrons. The predicted octanol–water partition coefficient (Wildman–Crippen LogP) is 3.01. The van der Waals surface area contributed by atoms with Crippen LogP contribution in [-0.4, -0.2) is 27.2 Å². The second kappa shape index (κ2) is 6.48. The SMILES string of the molecule is CCCNC(=O)c1ccc2ncc3c(=O)n(-c4ccccc4)[nH]c3c2c1. The maximum absolute atomic E-state index is 12.7. The van der Waals surface area contributed by atoms with Crippen molar-refractivity contribution in [1.29, 1.82) is 0 Å². The number of carbonyl (C=O) groups is 1. The Morgan fingerprint density at radius 3 is 2.73 bits per heavy atom. The molecule has 0 unspecified atom stereocenters. The van der Waals surface area contributed by atoms with Crippen LogP contribution in [0.4, 0.5) is 0 Å². The van der Waals surface area contributed by atoms with E-state index in [1.807, 2.05) is 37.3 Å². The van der Waals surface area contributed by atoms with Crippen LogP contribution < -0.4 is 10.9 Å². The summed E-state index contributed by atoms with van der Waals surface area (Å²) in [6.45, 7) is 2.63. The number of amides is 1. The molecule has 2 heterocycles. The van der Waals surface area contributed by atoms with Gasteiger partial charge in [-0.2, -0.15) is 0 Å². The lowest BCUT2D eigenvalue weighted by atomic mass is 10.1. The van der Waals surface area contributed by atoms with Crippen LogP contribution in [0.3, 0.4) is 0 Å². The maximum atomic E-state index is 12.7. The average Bonchev–Trinajstić information content (AvgIpc) is 3.03. The van der Waals surface area contributed by atoms with Crippen LogP contribution in [0, 0.1) is 0 Å². The van der Waals surface area contributed by atoms with Gasteiger partial charge in [0.2, 0.25) is 0 Å². The van der Waals surface area contributed by atoms with E-state index in [4.69, 9.17) is 0 Å². The zero-order valence-electron chi connectivity index (χ0n) is 14.3. The molecule has 0 atom stereocenters.